The van der Waals surface area contributed by atoms with E-state index in [0.717, 1.165) is 37.7 Å². The Morgan fingerprint density at radius 3 is 2.26 bits per heavy atom. The highest BCUT2D eigenvalue weighted by atomic mass is 16.7. The quantitative estimate of drug-likeness (QED) is 0.0448. The molecule has 0 aromatic heterocycles. The zero-order valence-corrected chi connectivity index (χ0v) is 36.5. The number of carbonyl (C=O) groups excluding carboxylic acids is 2. The Kier molecular flexibility index (Phi) is 14.7. The van der Waals surface area contributed by atoms with Gasteiger partial charge in [-0.1, -0.05) is 91.5 Å². The van der Waals surface area contributed by atoms with Crippen molar-refractivity contribution in [1.29, 1.82) is 0 Å². The predicted molar refractivity (Wildman–Crippen MR) is 220 cm³/mol. The molecular formula is C48H78O6. The van der Waals surface area contributed by atoms with E-state index in [-0.39, 0.29) is 34.2 Å². The highest BCUT2D eigenvalue weighted by Crippen LogP contribution is 2.74. The molecule has 1 unspecified atom stereocenters. The van der Waals surface area contributed by atoms with Gasteiger partial charge in [0.15, 0.2) is 0 Å². The van der Waals surface area contributed by atoms with Gasteiger partial charge in [-0.3, -0.25) is 4.79 Å². The fourth-order valence-electron chi connectivity index (χ4n) is 11.8. The average Bonchev–Trinajstić information content (AvgIpc) is 3.35. The number of ether oxygens (including phenoxy) is 3. The summed E-state index contributed by atoms with van der Waals surface area (Å²) in [6.07, 6.45) is 18.0. The third-order valence-corrected chi connectivity index (χ3v) is 15.2. The minimum atomic E-state index is -0.712. The molecule has 0 heterocycles. The van der Waals surface area contributed by atoms with Crippen molar-refractivity contribution in [3.05, 3.63) is 46.8 Å². The maximum Gasteiger partial charge on any atom is 0.336 e. The van der Waals surface area contributed by atoms with Crippen LogP contribution in [0.1, 0.15) is 173 Å². The normalized spacial score (nSPS) is 35.8. The summed E-state index contributed by atoms with van der Waals surface area (Å²) in [7, 11) is 0. The fraction of sp³-hybridized carbons (Fsp3) is 0.792. The molecule has 54 heavy (non-hydrogen) atoms. The lowest BCUT2D eigenvalue weighted by Crippen LogP contribution is -2.65. The SMILES string of the molecule is C=C(C)OC1C[C@@]2(C)[C@@H](C[C@@H](O)[C@H]3[C@@]4(C)CC[C@@H](C)[C@H](C)[C@@H]4CC[C@@]32C)/C1=C(\CCC(/C=C/CCCCCCC)=C(C)C)C(=O)OCOC(=O)C(C)(C)C. The van der Waals surface area contributed by atoms with Gasteiger partial charge in [-0.05, 0) is 163 Å². The number of hydrogen-bond acceptors (Lipinski definition) is 6. The lowest BCUT2D eigenvalue weighted by Gasteiger charge is -2.69. The van der Waals surface area contributed by atoms with E-state index in [1.807, 2.05) is 6.92 Å². The van der Waals surface area contributed by atoms with Gasteiger partial charge in [0.25, 0.3) is 0 Å². The summed E-state index contributed by atoms with van der Waals surface area (Å²) in [4.78, 5) is 27.1. The lowest BCUT2D eigenvalue weighted by molar-refractivity contribution is -0.229. The zero-order chi connectivity index (χ0) is 40.2. The molecule has 0 radical (unpaired) electrons. The van der Waals surface area contributed by atoms with Crippen molar-refractivity contribution in [3.63, 3.8) is 0 Å². The summed E-state index contributed by atoms with van der Waals surface area (Å²) in [6, 6.07) is 0. The van der Waals surface area contributed by atoms with Crippen LogP contribution in [0, 0.1) is 51.2 Å². The van der Waals surface area contributed by atoms with E-state index in [9.17, 15) is 14.7 Å². The fourth-order valence-corrected chi connectivity index (χ4v) is 11.8. The number of rotatable bonds is 15. The van der Waals surface area contributed by atoms with Crippen molar-refractivity contribution < 1.29 is 28.9 Å². The second-order valence-electron chi connectivity index (χ2n) is 20.0. The lowest BCUT2D eigenvalue weighted by atomic mass is 9.36. The number of carbonyl (C=O) groups is 2. The number of aliphatic hydroxyl groups is 1. The summed E-state index contributed by atoms with van der Waals surface area (Å²) < 4.78 is 17.9. The van der Waals surface area contributed by atoms with Crippen LogP contribution in [-0.2, 0) is 23.8 Å². The Labute approximate surface area is 330 Å². The van der Waals surface area contributed by atoms with Crippen LogP contribution in [0.4, 0.5) is 0 Å². The van der Waals surface area contributed by atoms with Crippen molar-refractivity contribution in [2.24, 2.45) is 51.2 Å². The zero-order valence-electron chi connectivity index (χ0n) is 36.5. The molecular weight excluding hydrogens is 673 g/mol. The van der Waals surface area contributed by atoms with Crippen LogP contribution in [0.3, 0.4) is 0 Å². The Hall–Kier alpha value is -2.34. The number of hydrogen-bond donors (Lipinski definition) is 1. The van der Waals surface area contributed by atoms with Gasteiger partial charge in [0, 0.05) is 5.57 Å². The molecule has 6 heteroatoms. The molecule has 0 aromatic rings. The first-order valence-corrected chi connectivity index (χ1v) is 21.6. The first-order valence-electron chi connectivity index (χ1n) is 21.6. The standard InChI is InChI=1S/C48H78O6/c1-14-15-16-17-18-19-20-21-35(31(2)3)22-23-36(43(50)52-30-53-44(51)45(8,9)10)41-38-28-39(49)42-46(11)26-24-33(6)34(7)37(46)25-27-47(42,12)48(38,13)29-40(41)54-32(4)5/h20-21,33-34,37-40,42,49H,4,14-19,22-30H2,1-3,5-13H3/b21-20+,41-36-/t33-,34+,37+,38+,39-,40?,42+,46+,47+,48+/m1/s1. The number of unbranched alkanes of at least 4 members (excludes halogenated alkanes) is 5. The molecule has 6 nitrogen and oxygen atoms in total. The van der Waals surface area contributed by atoms with Gasteiger partial charge >= 0.3 is 11.9 Å². The van der Waals surface area contributed by atoms with Crippen molar-refractivity contribution in [2.45, 2.75) is 185 Å². The van der Waals surface area contributed by atoms with Crippen molar-refractivity contribution in [1.82, 2.24) is 0 Å². The molecule has 4 aliphatic rings. The number of esters is 2. The maximum atomic E-state index is 14.4. The van der Waals surface area contributed by atoms with Gasteiger partial charge in [-0.2, -0.15) is 0 Å². The summed E-state index contributed by atoms with van der Waals surface area (Å²) >= 11 is 0. The molecule has 0 amide bonds. The highest BCUT2D eigenvalue weighted by Gasteiger charge is 2.70. The number of fused-ring (bicyclic) bond motifs is 5. The molecule has 10 atom stereocenters. The van der Waals surface area contributed by atoms with E-state index >= 15 is 0 Å². The van der Waals surface area contributed by atoms with Crippen molar-refractivity contribution in [2.75, 3.05) is 6.79 Å². The molecule has 0 aliphatic heterocycles. The molecule has 4 fully saturated rings. The highest BCUT2D eigenvalue weighted by molar-refractivity contribution is 5.90. The molecule has 4 saturated carbocycles. The Morgan fingerprint density at radius 1 is 0.944 bits per heavy atom. The van der Waals surface area contributed by atoms with E-state index in [4.69, 9.17) is 14.2 Å². The van der Waals surface area contributed by atoms with Crippen molar-refractivity contribution >= 4 is 11.9 Å². The second kappa shape index (κ2) is 17.9. The first kappa shape index (κ1) is 44.4. The third-order valence-electron chi connectivity index (χ3n) is 15.2. The monoisotopic (exact) mass is 751 g/mol. The largest absolute Gasteiger partial charge is 0.491 e. The molecule has 0 aromatic carbocycles. The van der Waals surface area contributed by atoms with E-state index in [0.29, 0.717) is 48.3 Å². The van der Waals surface area contributed by atoms with Gasteiger partial charge in [0.1, 0.15) is 6.10 Å². The van der Waals surface area contributed by atoms with Crippen LogP contribution in [0.15, 0.2) is 46.8 Å². The Balaban J connectivity index is 1.75. The predicted octanol–water partition coefficient (Wildman–Crippen LogP) is 12.2. The second-order valence-corrected chi connectivity index (χ2v) is 20.0. The minimum Gasteiger partial charge on any atom is -0.491 e. The Morgan fingerprint density at radius 2 is 1.63 bits per heavy atom. The van der Waals surface area contributed by atoms with E-state index in [1.54, 1.807) is 20.8 Å². The van der Waals surface area contributed by atoms with Crippen LogP contribution < -0.4 is 0 Å². The third kappa shape index (κ3) is 9.10. The molecule has 1 N–H and O–H groups in total. The van der Waals surface area contributed by atoms with E-state index in [1.165, 1.54) is 49.7 Å². The van der Waals surface area contributed by atoms with Gasteiger partial charge in [-0.25, -0.2) is 4.79 Å². The van der Waals surface area contributed by atoms with Crippen LogP contribution in [-0.4, -0.2) is 36.0 Å². The van der Waals surface area contributed by atoms with Crippen LogP contribution in [0.5, 0.6) is 0 Å². The average molecular weight is 751 g/mol. The molecule has 4 rings (SSSR count). The molecule has 306 valence electrons. The summed E-state index contributed by atoms with van der Waals surface area (Å²) in [5, 5.41) is 12.5. The van der Waals surface area contributed by atoms with Gasteiger partial charge in [0.2, 0.25) is 6.79 Å². The van der Waals surface area contributed by atoms with Crippen molar-refractivity contribution in [3.8, 4) is 0 Å². The summed E-state index contributed by atoms with van der Waals surface area (Å²) in [6.45, 7) is 29.7. The van der Waals surface area contributed by atoms with Crippen LogP contribution in [0.25, 0.3) is 0 Å². The molecule has 0 saturated heterocycles. The summed E-state index contributed by atoms with van der Waals surface area (Å²) in [5.74, 6) is 1.77. The molecule has 0 bridgehead atoms. The van der Waals surface area contributed by atoms with E-state index < -0.39 is 30.3 Å². The molecule has 4 aliphatic carbocycles. The first-order chi connectivity index (χ1) is 25.2. The number of aliphatic hydroxyl groups excluding tert-OH is 1. The van der Waals surface area contributed by atoms with Crippen LogP contribution >= 0.6 is 0 Å². The topological polar surface area (TPSA) is 82.1 Å². The maximum absolute atomic E-state index is 14.4. The molecule has 0 spiro atoms. The Bertz CT molecular complexity index is 1440. The van der Waals surface area contributed by atoms with Gasteiger partial charge < -0.3 is 19.3 Å². The van der Waals surface area contributed by atoms with E-state index in [2.05, 4.69) is 74.1 Å². The summed E-state index contributed by atoms with van der Waals surface area (Å²) in [5.41, 5.74) is 2.98. The number of allylic oxidation sites excluding steroid dienone is 5. The van der Waals surface area contributed by atoms with Gasteiger partial charge in [0.05, 0.1) is 17.3 Å². The smallest absolute Gasteiger partial charge is 0.336 e. The van der Waals surface area contributed by atoms with Gasteiger partial charge in [-0.15, -0.1) is 0 Å². The van der Waals surface area contributed by atoms with Crippen LogP contribution in [0.2, 0.25) is 0 Å². The minimum absolute atomic E-state index is 0.0584.